The van der Waals surface area contributed by atoms with Gasteiger partial charge < -0.3 is 10.2 Å². The molecular weight excluding hydrogens is 314 g/mol. The van der Waals surface area contributed by atoms with Crippen LogP contribution in [0, 0.1) is 0 Å². The lowest BCUT2D eigenvalue weighted by atomic mass is 10.1. The van der Waals surface area contributed by atoms with E-state index in [2.05, 4.69) is 10.1 Å². The summed E-state index contributed by atoms with van der Waals surface area (Å²) in [6, 6.07) is 6.63. The molecule has 1 heterocycles. The first kappa shape index (κ1) is 17.5. The topological polar surface area (TPSA) is 88.2 Å². The number of benzene rings is 1. The highest BCUT2D eigenvalue weighted by Crippen LogP contribution is 2.20. The average molecular weight is 335 g/mol. The zero-order valence-corrected chi connectivity index (χ0v) is 14.1. The van der Waals surface area contributed by atoms with Gasteiger partial charge in [-0.05, 0) is 24.8 Å². The van der Waals surface area contributed by atoms with E-state index in [1.807, 2.05) is 19.2 Å². The molecule has 23 heavy (non-hydrogen) atoms. The maximum atomic E-state index is 11.2. The maximum absolute atomic E-state index is 11.2. The molecular formula is C16H21N3O3S. The fourth-order valence-corrected chi connectivity index (χ4v) is 2.54. The SMILES string of the molecule is CC[C@H](O)Cn1nc(CCSC)nc1-c1cccc(C(=O)O)c1. The van der Waals surface area contributed by atoms with E-state index in [1.54, 1.807) is 34.6 Å². The molecule has 0 aliphatic heterocycles. The van der Waals surface area contributed by atoms with Crippen molar-refractivity contribution in [2.45, 2.75) is 32.4 Å². The Morgan fingerprint density at radius 2 is 2.22 bits per heavy atom. The van der Waals surface area contributed by atoms with Crippen LogP contribution in [0.2, 0.25) is 0 Å². The molecule has 124 valence electrons. The number of aromatic nitrogens is 3. The van der Waals surface area contributed by atoms with Crippen LogP contribution in [0.4, 0.5) is 0 Å². The van der Waals surface area contributed by atoms with Crippen LogP contribution in [-0.4, -0.2) is 49.1 Å². The van der Waals surface area contributed by atoms with Gasteiger partial charge in [0.25, 0.3) is 0 Å². The lowest BCUT2D eigenvalue weighted by Gasteiger charge is -2.10. The van der Waals surface area contributed by atoms with Gasteiger partial charge >= 0.3 is 5.97 Å². The van der Waals surface area contributed by atoms with Crippen molar-refractivity contribution in [3.05, 3.63) is 35.7 Å². The Morgan fingerprint density at radius 1 is 1.43 bits per heavy atom. The van der Waals surface area contributed by atoms with Crippen LogP contribution in [0.3, 0.4) is 0 Å². The second-order valence-corrected chi connectivity index (χ2v) is 6.21. The number of aryl methyl sites for hydroxylation is 1. The summed E-state index contributed by atoms with van der Waals surface area (Å²) >= 11 is 1.72. The van der Waals surface area contributed by atoms with Gasteiger partial charge in [0, 0.05) is 17.7 Å². The maximum Gasteiger partial charge on any atom is 0.335 e. The van der Waals surface area contributed by atoms with Gasteiger partial charge in [-0.1, -0.05) is 19.1 Å². The third-order valence-electron chi connectivity index (χ3n) is 3.47. The number of aliphatic hydroxyl groups excluding tert-OH is 1. The van der Waals surface area contributed by atoms with E-state index in [-0.39, 0.29) is 5.56 Å². The van der Waals surface area contributed by atoms with Crippen molar-refractivity contribution in [3.8, 4) is 11.4 Å². The fraction of sp³-hybridized carbons (Fsp3) is 0.438. The Hall–Kier alpha value is -1.86. The van der Waals surface area contributed by atoms with E-state index < -0.39 is 12.1 Å². The minimum atomic E-state index is -0.978. The Labute approximate surface area is 139 Å². The van der Waals surface area contributed by atoms with Gasteiger partial charge in [-0.15, -0.1) is 0 Å². The molecule has 0 saturated heterocycles. The van der Waals surface area contributed by atoms with Crippen LogP contribution in [0.15, 0.2) is 24.3 Å². The summed E-state index contributed by atoms with van der Waals surface area (Å²) in [6.07, 6.45) is 2.87. The van der Waals surface area contributed by atoms with E-state index in [0.29, 0.717) is 30.2 Å². The quantitative estimate of drug-likeness (QED) is 0.770. The molecule has 0 aliphatic rings. The second kappa shape index (κ2) is 8.12. The third kappa shape index (κ3) is 4.56. The van der Waals surface area contributed by atoms with Crippen molar-refractivity contribution >= 4 is 17.7 Å². The van der Waals surface area contributed by atoms with E-state index >= 15 is 0 Å². The Morgan fingerprint density at radius 3 is 2.87 bits per heavy atom. The molecule has 0 aliphatic carbocycles. The minimum Gasteiger partial charge on any atom is -0.478 e. The molecule has 2 rings (SSSR count). The smallest absolute Gasteiger partial charge is 0.335 e. The second-order valence-electron chi connectivity index (χ2n) is 5.22. The van der Waals surface area contributed by atoms with Crippen LogP contribution in [0.1, 0.15) is 29.5 Å². The first-order valence-electron chi connectivity index (χ1n) is 7.49. The molecule has 0 unspecified atom stereocenters. The van der Waals surface area contributed by atoms with E-state index in [0.717, 1.165) is 12.2 Å². The highest BCUT2D eigenvalue weighted by Gasteiger charge is 2.15. The molecule has 1 atom stereocenters. The number of aromatic carboxylic acids is 1. The van der Waals surface area contributed by atoms with Crippen molar-refractivity contribution < 1.29 is 15.0 Å². The molecule has 2 N–H and O–H groups in total. The number of hydrogen-bond donors (Lipinski definition) is 2. The highest BCUT2D eigenvalue weighted by molar-refractivity contribution is 7.98. The molecule has 0 radical (unpaired) electrons. The predicted octanol–water partition coefficient (Wildman–Crippen LogP) is 2.32. The summed E-state index contributed by atoms with van der Waals surface area (Å²) in [7, 11) is 0. The average Bonchev–Trinajstić information content (AvgIpc) is 2.95. The zero-order chi connectivity index (χ0) is 16.8. The number of rotatable bonds is 8. The lowest BCUT2D eigenvalue weighted by Crippen LogP contribution is -2.17. The van der Waals surface area contributed by atoms with E-state index in [4.69, 9.17) is 5.11 Å². The molecule has 2 aromatic rings. The summed E-state index contributed by atoms with van der Waals surface area (Å²) in [6.45, 7) is 2.25. The van der Waals surface area contributed by atoms with Crippen molar-refractivity contribution in [1.29, 1.82) is 0 Å². The molecule has 0 amide bonds. The summed E-state index contributed by atoms with van der Waals surface area (Å²) in [5.41, 5.74) is 0.898. The molecule has 0 bridgehead atoms. The van der Waals surface area contributed by atoms with Crippen molar-refractivity contribution in [2.24, 2.45) is 0 Å². The summed E-state index contributed by atoms with van der Waals surface area (Å²) in [4.78, 5) is 15.7. The normalized spacial score (nSPS) is 12.3. The van der Waals surface area contributed by atoms with Gasteiger partial charge in [0.2, 0.25) is 0 Å². The Balaban J connectivity index is 2.39. The zero-order valence-electron chi connectivity index (χ0n) is 13.3. The molecule has 1 aromatic heterocycles. The minimum absolute atomic E-state index is 0.207. The van der Waals surface area contributed by atoms with Crippen molar-refractivity contribution in [1.82, 2.24) is 14.8 Å². The number of hydrogen-bond acceptors (Lipinski definition) is 5. The Bertz CT molecular complexity index is 672. The number of aliphatic hydroxyl groups is 1. The van der Waals surface area contributed by atoms with Gasteiger partial charge in [-0.25, -0.2) is 14.5 Å². The highest BCUT2D eigenvalue weighted by atomic mass is 32.2. The number of nitrogens with zero attached hydrogens (tertiary/aromatic N) is 3. The first-order valence-corrected chi connectivity index (χ1v) is 8.89. The third-order valence-corrected chi connectivity index (χ3v) is 4.08. The molecule has 1 aromatic carbocycles. The van der Waals surface area contributed by atoms with Crippen LogP contribution >= 0.6 is 11.8 Å². The molecule has 6 nitrogen and oxygen atoms in total. The van der Waals surface area contributed by atoms with Gasteiger partial charge in [-0.2, -0.15) is 16.9 Å². The van der Waals surface area contributed by atoms with E-state index in [9.17, 15) is 9.90 Å². The van der Waals surface area contributed by atoms with Gasteiger partial charge in [-0.3, -0.25) is 0 Å². The van der Waals surface area contributed by atoms with Gasteiger partial charge in [0.1, 0.15) is 0 Å². The molecule has 0 spiro atoms. The number of thioether (sulfide) groups is 1. The number of carboxylic acid groups (broad SMARTS) is 1. The Kier molecular flexibility index (Phi) is 6.18. The summed E-state index contributed by atoms with van der Waals surface area (Å²) < 4.78 is 1.67. The van der Waals surface area contributed by atoms with Crippen molar-refractivity contribution in [2.75, 3.05) is 12.0 Å². The largest absolute Gasteiger partial charge is 0.478 e. The van der Waals surface area contributed by atoms with Crippen LogP contribution in [-0.2, 0) is 13.0 Å². The van der Waals surface area contributed by atoms with Crippen LogP contribution in [0.25, 0.3) is 11.4 Å². The molecule has 0 saturated carbocycles. The van der Waals surface area contributed by atoms with Gasteiger partial charge in [0.05, 0.1) is 18.2 Å². The van der Waals surface area contributed by atoms with E-state index in [1.165, 1.54) is 0 Å². The lowest BCUT2D eigenvalue weighted by molar-refractivity contribution is 0.0697. The molecule has 7 heteroatoms. The van der Waals surface area contributed by atoms with Crippen LogP contribution in [0.5, 0.6) is 0 Å². The van der Waals surface area contributed by atoms with Crippen molar-refractivity contribution in [3.63, 3.8) is 0 Å². The fourth-order valence-electron chi connectivity index (χ4n) is 2.15. The first-order chi connectivity index (χ1) is 11.0. The standard InChI is InChI=1S/C16H21N3O3S/c1-3-13(20)10-19-15(17-14(18-19)7-8-23-2)11-5-4-6-12(9-11)16(21)22/h4-6,9,13,20H,3,7-8,10H2,1-2H3,(H,21,22)/t13-/m0/s1. The summed E-state index contributed by atoms with van der Waals surface area (Å²) in [5, 5.41) is 23.5. The van der Waals surface area contributed by atoms with Crippen LogP contribution < -0.4 is 0 Å². The predicted molar refractivity (Wildman–Crippen MR) is 90.8 cm³/mol. The van der Waals surface area contributed by atoms with Gasteiger partial charge in [0.15, 0.2) is 11.6 Å². The molecule has 0 fully saturated rings. The monoisotopic (exact) mass is 335 g/mol. The number of carbonyl (C=O) groups is 1. The summed E-state index contributed by atoms with van der Waals surface area (Å²) in [5.74, 6) is 1.23. The number of carboxylic acids is 1.